The van der Waals surface area contributed by atoms with Crippen LogP contribution >= 0.6 is 0 Å². The summed E-state index contributed by atoms with van der Waals surface area (Å²) in [7, 11) is 0. The molecular weight excluding hydrogens is 273 g/mol. The lowest BCUT2D eigenvalue weighted by Gasteiger charge is -2.12. The number of ether oxygens (including phenoxy) is 1. The summed E-state index contributed by atoms with van der Waals surface area (Å²) in [5.74, 6) is -0.935. The molecule has 1 aromatic heterocycles. The van der Waals surface area contributed by atoms with Crippen LogP contribution in [0.25, 0.3) is 11.1 Å². The molecule has 2 rings (SSSR count). The van der Waals surface area contributed by atoms with Crippen molar-refractivity contribution in [3.63, 3.8) is 0 Å². The number of aryl methyl sites for hydroxylation is 1. The number of phenolic OH excluding ortho intramolecular Hbond substituents is 1. The van der Waals surface area contributed by atoms with Gasteiger partial charge in [0, 0.05) is 11.3 Å². The fraction of sp³-hybridized carbons (Fsp3) is 0.154. The molecule has 0 aliphatic carbocycles. The Labute approximate surface area is 112 Å². The standard InChI is InChI=1S/C13H11F3N2O2/c1-7-9(3-5-12(17)18-7)8-2-4-10(19)11(6-8)20-13(14,15)16/h2-6,19H,1H3,(H2,17,18). The molecule has 0 aliphatic rings. The summed E-state index contributed by atoms with van der Waals surface area (Å²) in [5, 5.41) is 9.40. The third-order valence-electron chi connectivity index (χ3n) is 2.60. The highest BCUT2D eigenvalue weighted by Gasteiger charge is 2.32. The zero-order valence-electron chi connectivity index (χ0n) is 10.4. The number of nitrogen functional groups attached to an aromatic ring is 1. The fourth-order valence-corrected chi connectivity index (χ4v) is 1.77. The molecule has 0 saturated carbocycles. The minimum atomic E-state index is -4.87. The zero-order chi connectivity index (χ0) is 14.9. The van der Waals surface area contributed by atoms with Gasteiger partial charge in [0.15, 0.2) is 11.5 Å². The van der Waals surface area contributed by atoms with Gasteiger partial charge in [-0.15, -0.1) is 13.2 Å². The van der Waals surface area contributed by atoms with E-state index in [2.05, 4.69) is 9.72 Å². The molecule has 0 aliphatic heterocycles. The Morgan fingerprint density at radius 2 is 1.90 bits per heavy atom. The van der Waals surface area contributed by atoms with E-state index in [9.17, 15) is 18.3 Å². The summed E-state index contributed by atoms with van der Waals surface area (Å²) in [6.07, 6.45) is -4.87. The van der Waals surface area contributed by atoms with Crippen molar-refractivity contribution >= 4 is 5.82 Å². The normalized spacial score (nSPS) is 11.4. The van der Waals surface area contributed by atoms with Gasteiger partial charge in [0.1, 0.15) is 5.82 Å². The molecule has 0 saturated heterocycles. The van der Waals surface area contributed by atoms with Crippen LogP contribution in [0.2, 0.25) is 0 Å². The molecule has 0 spiro atoms. The third kappa shape index (κ3) is 3.11. The number of alkyl halides is 3. The van der Waals surface area contributed by atoms with Crippen LogP contribution in [0.1, 0.15) is 5.69 Å². The Bertz CT molecular complexity index is 642. The van der Waals surface area contributed by atoms with Gasteiger partial charge in [-0.2, -0.15) is 0 Å². The summed E-state index contributed by atoms with van der Waals surface area (Å²) in [6, 6.07) is 6.88. The second kappa shape index (κ2) is 4.92. The maximum atomic E-state index is 12.2. The molecule has 0 unspecified atom stereocenters. The number of nitrogens with zero attached hydrogens (tertiary/aromatic N) is 1. The monoisotopic (exact) mass is 284 g/mol. The van der Waals surface area contributed by atoms with Crippen molar-refractivity contribution in [2.75, 3.05) is 5.73 Å². The Kier molecular flexibility index (Phi) is 3.44. The Hall–Kier alpha value is -2.44. The van der Waals surface area contributed by atoms with Gasteiger partial charge >= 0.3 is 6.36 Å². The largest absolute Gasteiger partial charge is 0.573 e. The maximum absolute atomic E-state index is 12.2. The number of benzene rings is 1. The average molecular weight is 284 g/mol. The van der Waals surface area contributed by atoms with Crippen molar-refractivity contribution in [2.45, 2.75) is 13.3 Å². The van der Waals surface area contributed by atoms with Crippen molar-refractivity contribution in [2.24, 2.45) is 0 Å². The number of anilines is 1. The molecule has 2 aromatic rings. The first-order valence-corrected chi connectivity index (χ1v) is 5.58. The summed E-state index contributed by atoms with van der Waals surface area (Å²) in [5.41, 5.74) is 7.12. The predicted octanol–water partition coefficient (Wildman–Crippen LogP) is 3.24. The lowest BCUT2D eigenvalue weighted by molar-refractivity contribution is -0.275. The van der Waals surface area contributed by atoms with E-state index in [0.29, 0.717) is 22.6 Å². The molecule has 20 heavy (non-hydrogen) atoms. The molecule has 106 valence electrons. The maximum Gasteiger partial charge on any atom is 0.573 e. The summed E-state index contributed by atoms with van der Waals surface area (Å²) in [4.78, 5) is 4.03. The Morgan fingerprint density at radius 3 is 2.50 bits per heavy atom. The smallest absolute Gasteiger partial charge is 0.504 e. The molecule has 0 radical (unpaired) electrons. The van der Waals surface area contributed by atoms with E-state index in [-0.39, 0.29) is 0 Å². The van der Waals surface area contributed by atoms with Gasteiger partial charge in [-0.1, -0.05) is 6.07 Å². The molecule has 0 bridgehead atoms. The van der Waals surface area contributed by atoms with E-state index in [4.69, 9.17) is 5.73 Å². The van der Waals surface area contributed by atoms with E-state index in [1.807, 2.05) is 0 Å². The molecule has 3 N–H and O–H groups in total. The number of hydrogen-bond acceptors (Lipinski definition) is 4. The minimum absolute atomic E-state index is 0.316. The SMILES string of the molecule is Cc1nc(N)ccc1-c1ccc(O)c(OC(F)(F)F)c1. The Balaban J connectivity index is 2.45. The highest BCUT2D eigenvalue weighted by atomic mass is 19.4. The molecule has 0 amide bonds. The number of rotatable bonds is 2. The topological polar surface area (TPSA) is 68.4 Å². The van der Waals surface area contributed by atoms with Crippen LogP contribution in [0.3, 0.4) is 0 Å². The molecule has 1 heterocycles. The number of phenols is 1. The highest BCUT2D eigenvalue weighted by Crippen LogP contribution is 2.35. The van der Waals surface area contributed by atoms with Crippen molar-refractivity contribution in [3.8, 4) is 22.6 Å². The van der Waals surface area contributed by atoms with Crippen LogP contribution < -0.4 is 10.5 Å². The van der Waals surface area contributed by atoms with E-state index >= 15 is 0 Å². The molecule has 1 aromatic carbocycles. The van der Waals surface area contributed by atoms with Gasteiger partial charge < -0.3 is 15.6 Å². The first-order chi connectivity index (χ1) is 9.26. The fourth-order valence-electron chi connectivity index (χ4n) is 1.77. The molecule has 0 fully saturated rings. The van der Waals surface area contributed by atoms with Crippen LogP contribution in [-0.4, -0.2) is 16.5 Å². The van der Waals surface area contributed by atoms with Crippen LogP contribution in [-0.2, 0) is 0 Å². The van der Waals surface area contributed by atoms with E-state index in [1.165, 1.54) is 6.07 Å². The zero-order valence-corrected chi connectivity index (χ0v) is 10.4. The summed E-state index contributed by atoms with van der Waals surface area (Å²) in [6.45, 7) is 1.68. The van der Waals surface area contributed by atoms with E-state index < -0.39 is 17.9 Å². The van der Waals surface area contributed by atoms with Gasteiger partial charge in [0.25, 0.3) is 0 Å². The second-order valence-corrected chi connectivity index (χ2v) is 4.10. The number of halogens is 3. The minimum Gasteiger partial charge on any atom is -0.504 e. The lowest BCUT2D eigenvalue weighted by Crippen LogP contribution is -2.17. The number of nitrogens with two attached hydrogens (primary N) is 1. The van der Waals surface area contributed by atoms with Crippen LogP contribution in [0.15, 0.2) is 30.3 Å². The number of aromatic hydroxyl groups is 1. The van der Waals surface area contributed by atoms with Gasteiger partial charge in [-0.25, -0.2) is 4.98 Å². The van der Waals surface area contributed by atoms with E-state index in [1.54, 1.807) is 19.1 Å². The van der Waals surface area contributed by atoms with Crippen LogP contribution in [0, 0.1) is 6.92 Å². The Morgan fingerprint density at radius 1 is 1.20 bits per heavy atom. The van der Waals surface area contributed by atoms with Gasteiger partial charge in [-0.3, -0.25) is 0 Å². The molecular formula is C13H11F3N2O2. The van der Waals surface area contributed by atoms with Crippen molar-refractivity contribution in [3.05, 3.63) is 36.0 Å². The van der Waals surface area contributed by atoms with E-state index in [0.717, 1.165) is 12.1 Å². The van der Waals surface area contributed by atoms with Crippen molar-refractivity contribution < 1.29 is 23.0 Å². The molecule has 0 atom stereocenters. The summed E-state index contributed by atoms with van der Waals surface area (Å²) >= 11 is 0. The van der Waals surface area contributed by atoms with Crippen LogP contribution in [0.4, 0.5) is 19.0 Å². The van der Waals surface area contributed by atoms with Crippen molar-refractivity contribution in [1.82, 2.24) is 4.98 Å². The molecule has 7 heteroatoms. The number of hydrogen-bond donors (Lipinski definition) is 2. The molecule has 4 nitrogen and oxygen atoms in total. The van der Waals surface area contributed by atoms with Crippen molar-refractivity contribution in [1.29, 1.82) is 0 Å². The third-order valence-corrected chi connectivity index (χ3v) is 2.60. The summed E-state index contributed by atoms with van der Waals surface area (Å²) < 4.78 is 40.4. The average Bonchev–Trinajstić information content (AvgIpc) is 2.30. The van der Waals surface area contributed by atoms with Crippen LogP contribution in [0.5, 0.6) is 11.5 Å². The predicted molar refractivity (Wildman–Crippen MR) is 67.2 cm³/mol. The number of pyridine rings is 1. The second-order valence-electron chi connectivity index (χ2n) is 4.10. The lowest BCUT2D eigenvalue weighted by atomic mass is 10.0. The quantitative estimate of drug-likeness (QED) is 0.888. The first-order valence-electron chi connectivity index (χ1n) is 5.58. The highest BCUT2D eigenvalue weighted by molar-refractivity contribution is 5.69. The van der Waals surface area contributed by atoms with Gasteiger partial charge in [0.2, 0.25) is 0 Å². The number of aromatic nitrogens is 1. The first kappa shape index (κ1) is 14.0. The van der Waals surface area contributed by atoms with Gasteiger partial charge in [-0.05, 0) is 36.8 Å². The van der Waals surface area contributed by atoms with Gasteiger partial charge in [0.05, 0.1) is 0 Å².